The summed E-state index contributed by atoms with van der Waals surface area (Å²) in [4.78, 5) is 26.5. The molecule has 1 amide bonds. The van der Waals surface area contributed by atoms with Crippen molar-refractivity contribution in [3.05, 3.63) is 24.3 Å². The van der Waals surface area contributed by atoms with Crippen LogP contribution in [-0.2, 0) is 9.59 Å². The van der Waals surface area contributed by atoms with Crippen molar-refractivity contribution < 1.29 is 9.59 Å². The van der Waals surface area contributed by atoms with Gasteiger partial charge in [-0.15, -0.1) is 0 Å². The van der Waals surface area contributed by atoms with Gasteiger partial charge in [0.1, 0.15) is 0 Å². The largest absolute Gasteiger partial charge is 0.363 e. The lowest BCUT2D eigenvalue weighted by atomic mass is 10.1. The topological polar surface area (TPSA) is 96.3 Å². The van der Waals surface area contributed by atoms with Gasteiger partial charge < -0.3 is 5.73 Å². The summed E-state index contributed by atoms with van der Waals surface area (Å²) in [5.74, 6) is -3.16. The van der Waals surface area contributed by atoms with Gasteiger partial charge in [-0.25, -0.2) is 0 Å². The number of nitrogens with zero attached hydrogens (tertiary/aromatic N) is 2. The number of Topliss-reactive ketones (excluding diaryl/α,β-unsaturated/α-hetero) is 1. The number of carbonyl (C=O) groups excluding carboxylic acids is 2. The minimum Gasteiger partial charge on any atom is -0.363 e. The van der Waals surface area contributed by atoms with Crippen molar-refractivity contribution in [1.82, 2.24) is 0 Å². The van der Waals surface area contributed by atoms with Gasteiger partial charge in [-0.2, -0.15) is 5.26 Å². The zero-order valence-corrected chi connectivity index (χ0v) is 9.55. The highest BCUT2D eigenvalue weighted by Crippen LogP contribution is 2.33. The predicted octanol–water partition coefficient (Wildman–Crippen LogP) is 0.189. The third-order valence-corrected chi connectivity index (χ3v) is 3.76. The van der Waals surface area contributed by atoms with E-state index in [-0.39, 0.29) is 11.3 Å². The van der Waals surface area contributed by atoms with E-state index in [4.69, 9.17) is 11.0 Å². The van der Waals surface area contributed by atoms with E-state index in [0.717, 1.165) is 0 Å². The first kappa shape index (κ1) is 11.6. The Labute approximate surface area is 102 Å². The molecular formula is C11H9N3O2S. The molecule has 5 nitrogen and oxygen atoms in total. The second-order valence-corrected chi connectivity index (χ2v) is 4.80. The minimum atomic E-state index is -1.16. The Kier molecular flexibility index (Phi) is 3.11. The molecule has 0 saturated heterocycles. The zero-order chi connectivity index (χ0) is 12.4. The molecule has 17 heavy (non-hydrogen) atoms. The number of nitriles is 1. The first-order valence-corrected chi connectivity index (χ1v) is 5.84. The van der Waals surface area contributed by atoms with Crippen molar-refractivity contribution in [2.45, 2.75) is 11.3 Å². The highest BCUT2D eigenvalue weighted by atomic mass is 32.2. The van der Waals surface area contributed by atoms with Crippen molar-refractivity contribution in [1.29, 1.82) is 5.26 Å². The number of primary amides is 1. The molecule has 2 N–H and O–H groups in total. The molecule has 6 heteroatoms. The number of ketones is 1. The van der Waals surface area contributed by atoms with E-state index in [9.17, 15) is 9.59 Å². The number of carbonyl (C=O) groups is 2. The number of allylic oxidation sites excluding steroid dienone is 2. The standard InChI is InChI=1S/C11H9N3O2S/c12-5-6(9(15)10(13)16)11-14-7-3-1-2-4-8(7)17-11/h1-4,6-8H,(H2,13,16). The highest BCUT2D eigenvalue weighted by Gasteiger charge is 2.36. The summed E-state index contributed by atoms with van der Waals surface area (Å²) in [6.45, 7) is 0. The van der Waals surface area contributed by atoms with Crippen LogP contribution in [-0.4, -0.2) is 28.0 Å². The van der Waals surface area contributed by atoms with Gasteiger partial charge >= 0.3 is 0 Å². The lowest BCUT2D eigenvalue weighted by Crippen LogP contribution is -2.32. The van der Waals surface area contributed by atoms with Gasteiger partial charge in [0.25, 0.3) is 5.91 Å². The maximum atomic E-state index is 11.4. The zero-order valence-electron chi connectivity index (χ0n) is 8.74. The molecule has 2 aliphatic rings. The molecular weight excluding hydrogens is 238 g/mol. The van der Waals surface area contributed by atoms with Crippen LogP contribution in [0.15, 0.2) is 29.3 Å². The average Bonchev–Trinajstić information content (AvgIpc) is 2.72. The van der Waals surface area contributed by atoms with Gasteiger partial charge in [0.15, 0.2) is 5.92 Å². The Bertz CT molecular complexity index is 501. The first-order valence-electron chi connectivity index (χ1n) is 4.96. The molecule has 86 valence electrons. The van der Waals surface area contributed by atoms with E-state index in [1.54, 1.807) is 6.07 Å². The van der Waals surface area contributed by atoms with Crippen LogP contribution in [0.5, 0.6) is 0 Å². The van der Waals surface area contributed by atoms with Gasteiger partial charge in [0.05, 0.1) is 22.4 Å². The summed E-state index contributed by atoms with van der Waals surface area (Å²) in [5.41, 5.74) is 4.89. The van der Waals surface area contributed by atoms with E-state index >= 15 is 0 Å². The summed E-state index contributed by atoms with van der Waals surface area (Å²) in [7, 11) is 0. The Morgan fingerprint density at radius 1 is 1.47 bits per heavy atom. The third kappa shape index (κ3) is 2.15. The molecule has 1 aliphatic heterocycles. The van der Waals surface area contributed by atoms with Crippen LogP contribution in [0.2, 0.25) is 0 Å². The van der Waals surface area contributed by atoms with Gasteiger partial charge in [0, 0.05) is 0 Å². The molecule has 0 fully saturated rings. The molecule has 0 bridgehead atoms. The molecule has 3 unspecified atom stereocenters. The summed E-state index contributed by atoms with van der Waals surface area (Å²) in [5, 5.41) is 9.41. The van der Waals surface area contributed by atoms with Crippen LogP contribution in [0.25, 0.3) is 0 Å². The van der Waals surface area contributed by atoms with E-state index < -0.39 is 17.6 Å². The van der Waals surface area contributed by atoms with Crippen molar-refractivity contribution in [2.75, 3.05) is 0 Å². The monoisotopic (exact) mass is 247 g/mol. The Hall–Kier alpha value is -1.87. The number of hydrogen-bond donors (Lipinski definition) is 1. The Balaban J connectivity index is 2.21. The first-order chi connectivity index (χ1) is 8.13. The fraction of sp³-hybridized carbons (Fsp3) is 0.273. The number of nitrogens with two attached hydrogens (primary N) is 1. The number of amides is 1. The lowest BCUT2D eigenvalue weighted by Gasteiger charge is -2.11. The normalized spacial score (nSPS) is 26.9. The lowest BCUT2D eigenvalue weighted by molar-refractivity contribution is -0.136. The molecule has 0 spiro atoms. The smallest absolute Gasteiger partial charge is 0.286 e. The van der Waals surface area contributed by atoms with E-state index in [0.29, 0.717) is 5.04 Å². The Morgan fingerprint density at radius 3 is 2.76 bits per heavy atom. The van der Waals surface area contributed by atoms with Crippen LogP contribution in [0.3, 0.4) is 0 Å². The number of rotatable bonds is 3. The third-order valence-electron chi connectivity index (χ3n) is 2.47. The quantitative estimate of drug-likeness (QED) is 0.720. The van der Waals surface area contributed by atoms with Crippen LogP contribution in [0, 0.1) is 17.2 Å². The maximum absolute atomic E-state index is 11.4. The van der Waals surface area contributed by atoms with Crippen LogP contribution >= 0.6 is 11.8 Å². The van der Waals surface area contributed by atoms with Crippen molar-refractivity contribution in [3.8, 4) is 6.07 Å². The number of thioether (sulfide) groups is 1. The Morgan fingerprint density at radius 2 is 2.18 bits per heavy atom. The molecule has 0 aromatic rings. The summed E-state index contributed by atoms with van der Waals surface area (Å²) in [6, 6.07) is 1.73. The minimum absolute atomic E-state index is 0.0588. The summed E-state index contributed by atoms with van der Waals surface area (Å²) < 4.78 is 0. The number of aliphatic imine (C=N–C) groups is 1. The second kappa shape index (κ2) is 4.55. The second-order valence-electron chi connectivity index (χ2n) is 3.60. The van der Waals surface area contributed by atoms with Gasteiger partial charge in [-0.1, -0.05) is 36.1 Å². The predicted molar refractivity (Wildman–Crippen MR) is 64.2 cm³/mol. The average molecular weight is 247 g/mol. The molecule has 0 aromatic heterocycles. The van der Waals surface area contributed by atoms with Crippen molar-refractivity contribution >= 4 is 28.5 Å². The van der Waals surface area contributed by atoms with Crippen molar-refractivity contribution in [2.24, 2.45) is 16.6 Å². The number of hydrogen-bond acceptors (Lipinski definition) is 5. The summed E-state index contributed by atoms with van der Waals surface area (Å²) in [6.07, 6.45) is 7.61. The highest BCUT2D eigenvalue weighted by molar-refractivity contribution is 8.15. The van der Waals surface area contributed by atoms with Gasteiger partial charge in [0.2, 0.25) is 5.78 Å². The molecule has 0 radical (unpaired) electrons. The molecule has 1 heterocycles. The van der Waals surface area contributed by atoms with Crippen LogP contribution in [0.1, 0.15) is 0 Å². The van der Waals surface area contributed by atoms with E-state index in [1.165, 1.54) is 11.8 Å². The van der Waals surface area contributed by atoms with E-state index in [1.807, 2.05) is 24.3 Å². The summed E-state index contributed by atoms with van der Waals surface area (Å²) >= 11 is 1.33. The van der Waals surface area contributed by atoms with Gasteiger partial charge in [-0.3, -0.25) is 14.6 Å². The van der Waals surface area contributed by atoms with Crippen molar-refractivity contribution in [3.63, 3.8) is 0 Å². The molecule has 1 aliphatic carbocycles. The fourth-order valence-corrected chi connectivity index (χ4v) is 2.85. The number of fused-ring (bicyclic) bond motifs is 1. The van der Waals surface area contributed by atoms with Crippen LogP contribution in [0.4, 0.5) is 0 Å². The van der Waals surface area contributed by atoms with Crippen LogP contribution < -0.4 is 5.73 Å². The molecule has 2 rings (SSSR count). The van der Waals surface area contributed by atoms with E-state index in [2.05, 4.69) is 4.99 Å². The van der Waals surface area contributed by atoms with Gasteiger partial charge in [-0.05, 0) is 0 Å². The molecule has 0 aromatic carbocycles. The SMILES string of the molecule is N#CC(C(=O)C(N)=O)C1=NC2C=CC=CC2S1. The molecule has 3 atom stereocenters. The molecule has 0 saturated carbocycles. The maximum Gasteiger partial charge on any atom is 0.286 e. The fourth-order valence-electron chi connectivity index (χ4n) is 1.63.